The zero-order chi connectivity index (χ0) is 18.9. The van der Waals surface area contributed by atoms with Crippen LogP contribution in [0.5, 0.6) is 5.75 Å². The molecule has 3 rings (SSSR count). The maximum Gasteiger partial charge on any atom is 0.188 e. The zero-order valence-corrected chi connectivity index (χ0v) is 16.4. The molecule has 0 radical (unpaired) electrons. The highest BCUT2D eigenvalue weighted by Gasteiger charge is 2.22. The summed E-state index contributed by atoms with van der Waals surface area (Å²) in [5, 5.41) is 3.24. The van der Waals surface area contributed by atoms with Gasteiger partial charge in [0.25, 0.3) is 0 Å². The van der Waals surface area contributed by atoms with Crippen LogP contribution in [0.15, 0.2) is 29.3 Å². The SMILES string of the molecule is COc1cccc(N2CCC(CN=C(N)NCCCN3CCOCC3)C2)c1. The Bertz CT molecular complexity index is 604. The summed E-state index contributed by atoms with van der Waals surface area (Å²) in [5.74, 6) is 2.02. The number of nitrogens with zero attached hydrogens (tertiary/aromatic N) is 3. The summed E-state index contributed by atoms with van der Waals surface area (Å²) in [7, 11) is 1.71. The Morgan fingerprint density at radius 3 is 3.00 bits per heavy atom. The van der Waals surface area contributed by atoms with Gasteiger partial charge in [0.2, 0.25) is 0 Å². The van der Waals surface area contributed by atoms with Gasteiger partial charge in [0, 0.05) is 51.0 Å². The van der Waals surface area contributed by atoms with E-state index in [4.69, 9.17) is 15.2 Å². The number of methoxy groups -OCH3 is 1. The van der Waals surface area contributed by atoms with Gasteiger partial charge in [-0.25, -0.2) is 0 Å². The highest BCUT2D eigenvalue weighted by molar-refractivity contribution is 5.77. The predicted octanol–water partition coefficient (Wildman–Crippen LogP) is 1.15. The molecule has 0 bridgehead atoms. The first-order valence-corrected chi connectivity index (χ1v) is 9.97. The first-order valence-electron chi connectivity index (χ1n) is 9.97. The van der Waals surface area contributed by atoms with Gasteiger partial charge in [-0.1, -0.05) is 6.07 Å². The summed E-state index contributed by atoms with van der Waals surface area (Å²) in [6, 6.07) is 8.25. The fourth-order valence-electron chi connectivity index (χ4n) is 3.65. The number of ether oxygens (including phenoxy) is 2. The van der Waals surface area contributed by atoms with Crippen LogP contribution in [0.1, 0.15) is 12.8 Å². The van der Waals surface area contributed by atoms with Crippen LogP contribution in [0.4, 0.5) is 5.69 Å². The largest absolute Gasteiger partial charge is 0.497 e. The first-order chi connectivity index (χ1) is 13.2. The first kappa shape index (κ1) is 19.8. The molecule has 2 aliphatic heterocycles. The summed E-state index contributed by atoms with van der Waals surface area (Å²) in [6.45, 7) is 8.58. The van der Waals surface area contributed by atoms with E-state index in [0.717, 1.165) is 77.6 Å². The Morgan fingerprint density at radius 2 is 2.19 bits per heavy atom. The minimum absolute atomic E-state index is 0.546. The van der Waals surface area contributed by atoms with Crippen LogP contribution in [0.2, 0.25) is 0 Å². The third-order valence-corrected chi connectivity index (χ3v) is 5.29. The van der Waals surface area contributed by atoms with Crippen LogP contribution in [-0.2, 0) is 4.74 Å². The molecule has 1 aromatic carbocycles. The number of morpholine rings is 1. The molecule has 150 valence electrons. The number of rotatable bonds is 8. The molecule has 2 saturated heterocycles. The number of aliphatic imine (C=N–C) groups is 1. The quantitative estimate of drug-likeness (QED) is 0.403. The number of nitrogens with one attached hydrogen (secondary N) is 1. The average Bonchev–Trinajstić information content (AvgIpc) is 3.20. The van der Waals surface area contributed by atoms with Crippen molar-refractivity contribution in [3.63, 3.8) is 0 Å². The molecule has 27 heavy (non-hydrogen) atoms. The molecule has 0 amide bonds. The van der Waals surface area contributed by atoms with Gasteiger partial charge in [-0.3, -0.25) is 9.89 Å². The van der Waals surface area contributed by atoms with E-state index < -0.39 is 0 Å². The smallest absolute Gasteiger partial charge is 0.188 e. The summed E-state index contributed by atoms with van der Waals surface area (Å²) >= 11 is 0. The molecule has 2 fully saturated rings. The van der Waals surface area contributed by atoms with Crippen LogP contribution in [-0.4, -0.2) is 77.0 Å². The van der Waals surface area contributed by atoms with Crippen molar-refractivity contribution in [3.05, 3.63) is 24.3 Å². The Kier molecular flexibility index (Phi) is 7.59. The number of nitrogens with two attached hydrogens (primary N) is 1. The highest BCUT2D eigenvalue weighted by atomic mass is 16.5. The van der Waals surface area contributed by atoms with Gasteiger partial charge in [0.15, 0.2) is 5.96 Å². The van der Waals surface area contributed by atoms with Crippen molar-refractivity contribution in [2.45, 2.75) is 12.8 Å². The van der Waals surface area contributed by atoms with Crippen LogP contribution in [0, 0.1) is 5.92 Å². The summed E-state index contributed by atoms with van der Waals surface area (Å²) in [6.07, 6.45) is 2.22. The molecule has 0 spiro atoms. The van der Waals surface area contributed by atoms with E-state index in [9.17, 15) is 0 Å². The normalized spacial score (nSPS) is 21.4. The van der Waals surface area contributed by atoms with Crippen molar-refractivity contribution in [3.8, 4) is 5.75 Å². The molecule has 1 aromatic rings. The number of benzene rings is 1. The maximum absolute atomic E-state index is 6.03. The van der Waals surface area contributed by atoms with Crippen LogP contribution < -0.4 is 20.7 Å². The van der Waals surface area contributed by atoms with Gasteiger partial charge in [-0.05, 0) is 37.4 Å². The van der Waals surface area contributed by atoms with E-state index in [1.165, 1.54) is 5.69 Å². The fraction of sp³-hybridized carbons (Fsp3) is 0.650. The molecule has 0 aliphatic carbocycles. The Morgan fingerprint density at radius 1 is 1.33 bits per heavy atom. The van der Waals surface area contributed by atoms with E-state index in [1.807, 2.05) is 12.1 Å². The molecular formula is C20H33N5O2. The molecule has 0 saturated carbocycles. The van der Waals surface area contributed by atoms with Crippen molar-refractivity contribution in [1.29, 1.82) is 0 Å². The maximum atomic E-state index is 6.03. The lowest BCUT2D eigenvalue weighted by Crippen LogP contribution is -2.39. The summed E-state index contributed by atoms with van der Waals surface area (Å²) in [4.78, 5) is 9.38. The second-order valence-electron chi connectivity index (χ2n) is 7.26. The molecular weight excluding hydrogens is 342 g/mol. The highest BCUT2D eigenvalue weighted by Crippen LogP contribution is 2.26. The monoisotopic (exact) mass is 375 g/mol. The van der Waals surface area contributed by atoms with Gasteiger partial charge < -0.3 is 25.4 Å². The van der Waals surface area contributed by atoms with Crippen molar-refractivity contribution in [1.82, 2.24) is 10.2 Å². The number of guanidine groups is 1. The molecule has 2 heterocycles. The third kappa shape index (κ3) is 6.29. The van der Waals surface area contributed by atoms with Gasteiger partial charge in [0.1, 0.15) is 5.75 Å². The van der Waals surface area contributed by atoms with Crippen LogP contribution in [0.3, 0.4) is 0 Å². The van der Waals surface area contributed by atoms with Gasteiger partial charge in [-0.15, -0.1) is 0 Å². The summed E-state index contributed by atoms with van der Waals surface area (Å²) < 4.78 is 10.7. The molecule has 3 N–H and O–H groups in total. The standard InChI is InChI=1S/C20H33N5O2/c1-26-19-5-2-4-18(14-19)25-9-6-17(16-25)15-23-20(21)22-7-3-8-24-10-12-27-13-11-24/h2,4-5,14,17H,3,6-13,15-16H2,1H3,(H3,21,22,23). The molecule has 0 aromatic heterocycles. The minimum Gasteiger partial charge on any atom is -0.497 e. The van der Waals surface area contributed by atoms with Crippen LogP contribution in [0.25, 0.3) is 0 Å². The summed E-state index contributed by atoms with van der Waals surface area (Å²) in [5.41, 5.74) is 7.25. The van der Waals surface area contributed by atoms with Crippen molar-refractivity contribution >= 4 is 11.6 Å². The van der Waals surface area contributed by atoms with E-state index in [1.54, 1.807) is 7.11 Å². The van der Waals surface area contributed by atoms with Crippen LogP contribution >= 0.6 is 0 Å². The van der Waals surface area contributed by atoms with E-state index in [0.29, 0.717) is 11.9 Å². The number of anilines is 1. The van der Waals surface area contributed by atoms with E-state index in [-0.39, 0.29) is 0 Å². The lowest BCUT2D eigenvalue weighted by molar-refractivity contribution is 0.0376. The lowest BCUT2D eigenvalue weighted by Gasteiger charge is -2.26. The Balaban J connectivity index is 1.34. The van der Waals surface area contributed by atoms with Crippen molar-refractivity contribution in [2.75, 3.05) is 71.0 Å². The fourth-order valence-corrected chi connectivity index (χ4v) is 3.65. The van der Waals surface area contributed by atoms with Gasteiger partial charge in [-0.2, -0.15) is 0 Å². The third-order valence-electron chi connectivity index (χ3n) is 5.29. The number of hydrogen-bond acceptors (Lipinski definition) is 5. The minimum atomic E-state index is 0.546. The molecule has 1 unspecified atom stereocenters. The Hall–Kier alpha value is -1.99. The van der Waals surface area contributed by atoms with Crippen molar-refractivity contribution in [2.24, 2.45) is 16.6 Å². The predicted molar refractivity (Wildman–Crippen MR) is 110 cm³/mol. The average molecular weight is 376 g/mol. The second-order valence-corrected chi connectivity index (χ2v) is 7.26. The number of hydrogen-bond donors (Lipinski definition) is 2. The Labute approximate surface area is 162 Å². The molecule has 2 aliphatic rings. The zero-order valence-electron chi connectivity index (χ0n) is 16.4. The van der Waals surface area contributed by atoms with Crippen molar-refractivity contribution < 1.29 is 9.47 Å². The lowest BCUT2D eigenvalue weighted by atomic mass is 10.1. The second kappa shape index (κ2) is 10.4. The topological polar surface area (TPSA) is 75.3 Å². The van der Waals surface area contributed by atoms with Gasteiger partial charge >= 0.3 is 0 Å². The molecule has 7 nitrogen and oxygen atoms in total. The van der Waals surface area contributed by atoms with E-state index in [2.05, 4.69) is 32.2 Å². The van der Waals surface area contributed by atoms with E-state index >= 15 is 0 Å². The molecule has 7 heteroatoms. The van der Waals surface area contributed by atoms with Gasteiger partial charge in [0.05, 0.1) is 20.3 Å². The molecule has 1 atom stereocenters.